The van der Waals surface area contributed by atoms with Crippen molar-refractivity contribution in [1.82, 2.24) is 39.0 Å². The molecule has 0 saturated carbocycles. The molecule has 4 aromatic heterocycles. The van der Waals surface area contributed by atoms with E-state index < -0.39 is 81.5 Å². The summed E-state index contributed by atoms with van der Waals surface area (Å²) in [5.74, 6) is -0.224. The summed E-state index contributed by atoms with van der Waals surface area (Å²) in [6, 6.07) is 0. The molecule has 45 heavy (non-hydrogen) atoms. The third-order valence-corrected chi connectivity index (χ3v) is 10.4. The normalized spacial score (nSPS) is 37.7. The molecule has 0 radical (unpaired) electrons. The van der Waals surface area contributed by atoms with E-state index in [0.29, 0.717) is 0 Å². The van der Waals surface area contributed by atoms with Crippen molar-refractivity contribution in [3.05, 3.63) is 29.3 Å². The predicted octanol–water partition coefficient (Wildman–Crippen LogP) is 0.667. The Hall–Kier alpha value is -2.69. The van der Waals surface area contributed by atoms with Crippen LogP contribution in [0.1, 0.15) is 12.5 Å². The number of fused-ring (bicyclic) bond motifs is 5. The van der Waals surface area contributed by atoms with Crippen molar-refractivity contribution < 1.29 is 45.8 Å². The molecule has 242 valence electrons. The van der Waals surface area contributed by atoms with Crippen LogP contribution in [0.5, 0.6) is 0 Å². The minimum absolute atomic E-state index is 0.0396. The number of thiol groups is 1. The molecule has 6 N–H and O–H groups in total. The van der Waals surface area contributed by atoms with Crippen LogP contribution in [0.25, 0.3) is 22.3 Å². The van der Waals surface area contributed by atoms with Crippen LogP contribution < -0.4 is 17.0 Å². The number of rotatable bonds is 2. The van der Waals surface area contributed by atoms with Crippen molar-refractivity contribution in [2.45, 2.75) is 49.2 Å². The zero-order valence-corrected chi connectivity index (χ0v) is 25.8. The van der Waals surface area contributed by atoms with Gasteiger partial charge < -0.3 is 30.4 Å². The van der Waals surface area contributed by atoms with E-state index in [-0.39, 0.29) is 34.1 Å². The summed E-state index contributed by atoms with van der Waals surface area (Å²) in [6.07, 6.45) is -9.83. The van der Waals surface area contributed by atoms with E-state index >= 15 is 8.78 Å². The maximum absolute atomic E-state index is 16.0. The molecule has 19 nitrogen and oxygen atoms in total. The first-order valence-electron chi connectivity index (χ1n) is 12.9. The summed E-state index contributed by atoms with van der Waals surface area (Å²) in [5, 5.41) is 0. The fraction of sp³-hybridized carbons (Fsp3) is 0.500. The first kappa shape index (κ1) is 30.9. The van der Waals surface area contributed by atoms with Crippen LogP contribution in [0, 0.1) is 0 Å². The Kier molecular flexibility index (Phi) is 7.72. The van der Waals surface area contributed by atoms with Gasteiger partial charge in [0.05, 0.1) is 25.9 Å². The van der Waals surface area contributed by atoms with Crippen LogP contribution in [0.15, 0.2) is 23.8 Å². The number of anilines is 2. The van der Waals surface area contributed by atoms with Crippen LogP contribution in [-0.4, -0.2) is 93.9 Å². The van der Waals surface area contributed by atoms with Crippen molar-refractivity contribution >= 4 is 71.7 Å². The summed E-state index contributed by atoms with van der Waals surface area (Å²) >= 11 is 9.11. The number of nitrogens with two attached hydrogens (primary N) is 2. The summed E-state index contributed by atoms with van der Waals surface area (Å²) in [5.41, 5.74) is 10.9. The molecule has 7 heterocycles. The number of hydrogen-bond acceptors (Lipinski definition) is 16. The Bertz CT molecular complexity index is 1950. The summed E-state index contributed by atoms with van der Waals surface area (Å²) in [6.45, 7) is -10.2. The molecule has 25 heteroatoms. The molecule has 0 aromatic carbocycles. The van der Waals surface area contributed by atoms with Crippen molar-refractivity contribution in [2.75, 3.05) is 24.7 Å². The number of hydrogen-bond donors (Lipinski definition) is 5. The lowest BCUT2D eigenvalue weighted by atomic mass is 10.1. The maximum atomic E-state index is 16.0. The minimum Gasteiger partial charge on any atom is -0.382 e. The number of imidazole rings is 2. The molecule has 3 fully saturated rings. The highest BCUT2D eigenvalue weighted by Crippen LogP contribution is 2.59. The first-order chi connectivity index (χ1) is 21.3. The van der Waals surface area contributed by atoms with E-state index in [1.54, 1.807) is 0 Å². The largest absolute Gasteiger partial charge is 0.386 e. The Labute approximate surface area is 259 Å². The van der Waals surface area contributed by atoms with E-state index in [9.17, 15) is 14.3 Å². The zero-order valence-electron chi connectivity index (χ0n) is 22.3. The zero-order chi connectivity index (χ0) is 31.8. The fourth-order valence-corrected chi connectivity index (χ4v) is 8.12. The van der Waals surface area contributed by atoms with Gasteiger partial charge in [0, 0.05) is 0 Å². The maximum Gasteiger partial charge on any atom is 0.386 e. The number of H-pyrrole nitrogens is 1. The van der Waals surface area contributed by atoms with Gasteiger partial charge in [-0.15, -0.1) is 0 Å². The second kappa shape index (κ2) is 11.2. The van der Waals surface area contributed by atoms with Crippen molar-refractivity contribution in [3.8, 4) is 0 Å². The first-order valence-corrected chi connectivity index (χ1v) is 18.2. The molecule has 3 saturated heterocycles. The molecule has 0 amide bonds. The van der Waals surface area contributed by atoms with Crippen LogP contribution in [-0.2, 0) is 43.9 Å². The van der Waals surface area contributed by atoms with E-state index in [2.05, 4.69) is 42.2 Å². The van der Waals surface area contributed by atoms with Crippen molar-refractivity contribution in [3.63, 3.8) is 0 Å². The van der Waals surface area contributed by atoms with Gasteiger partial charge in [0.15, 0.2) is 47.4 Å². The van der Waals surface area contributed by atoms with Gasteiger partial charge in [-0.3, -0.25) is 32.5 Å². The highest BCUT2D eigenvalue weighted by Gasteiger charge is 2.54. The Morgan fingerprint density at radius 3 is 2.42 bits per heavy atom. The van der Waals surface area contributed by atoms with E-state index in [4.69, 9.17) is 50.8 Å². The summed E-state index contributed by atoms with van der Waals surface area (Å²) in [7, 11) is 0. The number of nitrogens with zero attached hydrogens (tertiary/aromatic N) is 7. The van der Waals surface area contributed by atoms with Gasteiger partial charge in [-0.25, -0.2) is 33.3 Å². The molecule has 4 aromatic rings. The van der Waals surface area contributed by atoms with Crippen LogP contribution in [0.4, 0.5) is 20.5 Å². The van der Waals surface area contributed by atoms with Gasteiger partial charge >= 0.3 is 13.5 Å². The third-order valence-electron chi connectivity index (χ3n) is 7.23. The predicted molar refractivity (Wildman–Crippen MR) is 155 cm³/mol. The minimum atomic E-state index is -4.49. The third kappa shape index (κ3) is 5.54. The highest BCUT2D eigenvalue weighted by atomic mass is 32.7. The fourth-order valence-electron chi connectivity index (χ4n) is 5.23. The molecule has 7 rings (SSSR count). The van der Waals surface area contributed by atoms with E-state index in [1.165, 1.54) is 10.9 Å². The number of ether oxygens (including phenoxy) is 2. The average Bonchev–Trinajstić information content (AvgIpc) is 3.72. The van der Waals surface area contributed by atoms with Gasteiger partial charge in [-0.1, -0.05) is 12.2 Å². The number of aromatic nitrogens is 8. The number of nitrogen functional groups attached to an aromatic ring is 2. The van der Waals surface area contributed by atoms with Gasteiger partial charge in [-0.2, -0.15) is 4.98 Å². The lowest BCUT2D eigenvalue weighted by Gasteiger charge is -2.26. The molecule has 0 aliphatic carbocycles. The molecule has 10 unspecified atom stereocenters. The highest BCUT2D eigenvalue weighted by molar-refractivity contribution is 8.44. The quantitative estimate of drug-likeness (QED) is 0.142. The Morgan fingerprint density at radius 1 is 0.956 bits per heavy atom. The topological polar surface area (TPSA) is 252 Å². The monoisotopic (exact) mass is 710 g/mol. The average molecular weight is 711 g/mol. The Balaban J connectivity index is 1.21. The van der Waals surface area contributed by atoms with Gasteiger partial charge in [0.1, 0.15) is 36.3 Å². The molecule has 3 aliphatic heterocycles. The number of halogens is 2. The van der Waals surface area contributed by atoms with Crippen molar-refractivity contribution in [2.24, 2.45) is 0 Å². The van der Waals surface area contributed by atoms with Gasteiger partial charge in [0.2, 0.25) is 5.95 Å². The molecule has 2 bridgehead atoms. The molecular weight excluding hydrogens is 688 g/mol. The molecule has 3 aliphatic rings. The van der Waals surface area contributed by atoms with Gasteiger partial charge in [-0.05, 0) is 11.8 Å². The van der Waals surface area contributed by atoms with Crippen molar-refractivity contribution in [1.29, 1.82) is 0 Å². The van der Waals surface area contributed by atoms with E-state index in [1.807, 2.05) is 0 Å². The second-order valence-electron chi connectivity index (χ2n) is 10.0. The smallest absolute Gasteiger partial charge is 0.382 e. The van der Waals surface area contributed by atoms with E-state index in [0.717, 1.165) is 17.2 Å². The Morgan fingerprint density at radius 2 is 1.64 bits per heavy atom. The molecule has 0 spiro atoms. The number of aromatic amines is 1. The second-order valence-corrected chi connectivity index (χ2v) is 15.7. The standard InChI is InChI=1S/C20H22F2N10O9P2S2/c21-8-6-1-36-42(34,44)40-12-7(39-18(9(12)22)31-4-27-10-14(23)25-3-26-15(10)31)2-37-43(35,45)41-13(8)19(38-6)32-5-28-11-16(32)29-20(24)30-17(11)33/h3-9,12-13,18-19H,1-2H2,(H,34,44)(H,35,45)(H2,23,25,26)(H3,24,29,30,33). The lowest BCUT2D eigenvalue weighted by molar-refractivity contribution is -0.0578. The molecule has 10 atom stereocenters. The van der Waals surface area contributed by atoms with Crippen LogP contribution in [0.2, 0.25) is 0 Å². The summed E-state index contributed by atoms with van der Waals surface area (Å²) < 4.78 is 81.1. The number of nitrogens with one attached hydrogen (secondary N) is 1. The van der Waals surface area contributed by atoms with Crippen LogP contribution in [0.3, 0.4) is 0 Å². The molecular formula is C20H22F2N10O9P2S2. The summed E-state index contributed by atoms with van der Waals surface area (Å²) in [4.78, 5) is 45.5. The number of alkyl halides is 2. The van der Waals surface area contributed by atoms with Crippen LogP contribution >= 0.6 is 25.8 Å². The van der Waals surface area contributed by atoms with Gasteiger partial charge in [0.25, 0.3) is 5.56 Å². The lowest BCUT2D eigenvalue weighted by Crippen LogP contribution is -2.34. The SMILES string of the molecule is Nc1nc2c(ncn2C2OC3COP(O)(=S)OC4C(COP(=O)(S)OC2C3F)OC(n2cnc3c(N)ncnc32)C4F)c(=O)[nH]1.